The van der Waals surface area contributed by atoms with Gasteiger partial charge in [0.1, 0.15) is 0 Å². The quantitative estimate of drug-likeness (QED) is 0.715. The van der Waals surface area contributed by atoms with Crippen LogP contribution in [0.15, 0.2) is 12.1 Å². The molecule has 5 heteroatoms. The Labute approximate surface area is 103 Å². The minimum atomic E-state index is -1.50. The summed E-state index contributed by atoms with van der Waals surface area (Å²) in [5.74, 6) is 0.354. The molecule has 0 spiro atoms. The Bertz CT molecular complexity index is 472. The highest BCUT2D eigenvalue weighted by atomic mass is 35.6. The number of aromatic amines is 1. The second-order valence-corrected chi connectivity index (χ2v) is 5.82. The molecule has 80 valence electrons. The number of aromatic nitrogens is 2. The van der Waals surface area contributed by atoms with E-state index in [0.717, 1.165) is 11.0 Å². The lowest BCUT2D eigenvalue weighted by atomic mass is 10.1. The summed E-state index contributed by atoms with van der Waals surface area (Å²) in [5, 5.41) is 0. The third-order valence-corrected chi connectivity index (χ3v) is 2.90. The Kier molecular flexibility index (Phi) is 2.61. The molecule has 1 aromatic carbocycles. The molecule has 0 bridgehead atoms. The number of imidazole rings is 1. The van der Waals surface area contributed by atoms with E-state index in [4.69, 9.17) is 34.8 Å². The number of rotatable bonds is 0. The molecule has 0 amide bonds. The maximum absolute atomic E-state index is 5.75. The number of fused-ring (bicyclic) bond motifs is 1. The average Bonchev–Trinajstić information content (AvgIpc) is 2.47. The first-order valence-electron chi connectivity index (χ1n) is 4.42. The number of benzene rings is 1. The standard InChI is InChI=1S/C10H9Cl3N2/c1-5-3-7-8(4-6(5)2)15-9(14-7)10(11,12)13/h3-4H,1-2H3,(H,14,15). The Balaban J connectivity index is 2.66. The van der Waals surface area contributed by atoms with Gasteiger partial charge in [0.2, 0.25) is 3.79 Å². The van der Waals surface area contributed by atoms with Gasteiger partial charge < -0.3 is 4.98 Å². The van der Waals surface area contributed by atoms with Gasteiger partial charge >= 0.3 is 0 Å². The van der Waals surface area contributed by atoms with Crippen molar-refractivity contribution in [3.8, 4) is 0 Å². The molecule has 15 heavy (non-hydrogen) atoms. The number of nitrogens with zero attached hydrogens (tertiary/aromatic N) is 1. The lowest BCUT2D eigenvalue weighted by molar-refractivity contribution is 1.05. The monoisotopic (exact) mass is 262 g/mol. The van der Waals surface area contributed by atoms with Crippen molar-refractivity contribution in [2.75, 3.05) is 0 Å². The van der Waals surface area contributed by atoms with Gasteiger partial charge in [-0.3, -0.25) is 0 Å². The van der Waals surface area contributed by atoms with E-state index in [1.165, 1.54) is 11.1 Å². The predicted molar refractivity (Wildman–Crippen MR) is 64.8 cm³/mol. The molecule has 2 nitrogen and oxygen atoms in total. The average molecular weight is 264 g/mol. The zero-order valence-electron chi connectivity index (χ0n) is 8.24. The van der Waals surface area contributed by atoms with Crippen LogP contribution < -0.4 is 0 Å². The molecule has 0 saturated carbocycles. The van der Waals surface area contributed by atoms with Crippen LogP contribution in [-0.2, 0) is 3.79 Å². The molecule has 1 N–H and O–H groups in total. The Morgan fingerprint density at radius 2 is 1.73 bits per heavy atom. The lowest BCUT2D eigenvalue weighted by Crippen LogP contribution is -2.01. The zero-order chi connectivity index (χ0) is 11.2. The van der Waals surface area contributed by atoms with Crippen molar-refractivity contribution in [2.24, 2.45) is 0 Å². The number of H-pyrrole nitrogens is 1. The van der Waals surface area contributed by atoms with Crippen LogP contribution in [0.25, 0.3) is 11.0 Å². The molecule has 0 aliphatic rings. The van der Waals surface area contributed by atoms with E-state index in [0.29, 0.717) is 5.82 Å². The number of halogens is 3. The highest BCUT2D eigenvalue weighted by Gasteiger charge is 2.26. The van der Waals surface area contributed by atoms with E-state index in [2.05, 4.69) is 9.97 Å². The SMILES string of the molecule is Cc1cc2nc(C(Cl)(Cl)Cl)[nH]c2cc1C. The van der Waals surface area contributed by atoms with Crippen LogP contribution in [-0.4, -0.2) is 9.97 Å². The number of aryl methyl sites for hydroxylation is 2. The lowest BCUT2D eigenvalue weighted by Gasteiger charge is -2.04. The van der Waals surface area contributed by atoms with Gasteiger partial charge in [-0.15, -0.1) is 0 Å². The topological polar surface area (TPSA) is 28.7 Å². The first kappa shape index (κ1) is 11.1. The van der Waals surface area contributed by atoms with Crippen LogP contribution in [0.5, 0.6) is 0 Å². The summed E-state index contributed by atoms with van der Waals surface area (Å²) < 4.78 is -1.50. The van der Waals surface area contributed by atoms with Gasteiger partial charge in [0, 0.05) is 0 Å². The summed E-state index contributed by atoms with van der Waals surface area (Å²) in [5.41, 5.74) is 4.06. The van der Waals surface area contributed by atoms with Crippen LogP contribution in [0.3, 0.4) is 0 Å². The maximum atomic E-state index is 5.75. The van der Waals surface area contributed by atoms with Crippen molar-refractivity contribution in [1.82, 2.24) is 9.97 Å². The van der Waals surface area contributed by atoms with Crippen LogP contribution >= 0.6 is 34.8 Å². The molecule has 0 unspecified atom stereocenters. The summed E-state index contributed by atoms with van der Waals surface area (Å²) in [4.78, 5) is 7.23. The maximum Gasteiger partial charge on any atom is 0.248 e. The highest BCUT2D eigenvalue weighted by Crippen LogP contribution is 2.37. The summed E-state index contributed by atoms with van der Waals surface area (Å²) >= 11 is 17.2. The summed E-state index contributed by atoms with van der Waals surface area (Å²) in [6.07, 6.45) is 0. The first-order valence-corrected chi connectivity index (χ1v) is 5.55. The molecule has 0 radical (unpaired) electrons. The van der Waals surface area contributed by atoms with Gasteiger partial charge in [-0.25, -0.2) is 4.98 Å². The van der Waals surface area contributed by atoms with Gasteiger partial charge in [-0.1, -0.05) is 34.8 Å². The predicted octanol–water partition coefficient (Wildman–Crippen LogP) is 4.01. The zero-order valence-corrected chi connectivity index (χ0v) is 10.5. The third kappa shape index (κ3) is 2.07. The third-order valence-electron chi connectivity index (χ3n) is 2.37. The molecule has 0 aliphatic heterocycles. The largest absolute Gasteiger partial charge is 0.338 e. The minimum absolute atomic E-state index is 0.354. The second kappa shape index (κ2) is 3.55. The fourth-order valence-corrected chi connectivity index (χ4v) is 1.67. The van der Waals surface area contributed by atoms with E-state index >= 15 is 0 Å². The molecule has 2 rings (SSSR count). The van der Waals surface area contributed by atoms with Crippen molar-refractivity contribution in [1.29, 1.82) is 0 Å². The number of nitrogens with one attached hydrogen (secondary N) is 1. The van der Waals surface area contributed by atoms with Crippen LogP contribution in [0.2, 0.25) is 0 Å². The molecule has 2 aromatic rings. The van der Waals surface area contributed by atoms with Crippen molar-refractivity contribution in [3.63, 3.8) is 0 Å². The van der Waals surface area contributed by atoms with Gasteiger partial charge in [-0.2, -0.15) is 0 Å². The number of hydrogen-bond acceptors (Lipinski definition) is 1. The molecular formula is C10H9Cl3N2. The number of hydrogen-bond donors (Lipinski definition) is 1. The van der Waals surface area contributed by atoms with Crippen molar-refractivity contribution in [2.45, 2.75) is 17.6 Å². The Morgan fingerprint density at radius 3 is 2.33 bits per heavy atom. The van der Waals surface area contributed by atoms with Crippen LogP contribution in [0.4, 0.5) is 0 Å². The molecule has 0 saturated heterocycles. The molecule has 1 heterocycles. The summed E-state index contributed by atoms with van der Waals surface area (Å²) in [6, 6.07) is 3.97. The van der Waals surface area contributed by atoms with Crippen molar-refractivity contribution < 1.29 is 0 Å². The summed E-state index contributed by atoms with van der Waals surface area (Å²) in [7, 11) is 0. The van der Waals surface area contributed by atoms with Gasteiger partial charge in [0.25, 0.3) is 0 Å². The van der Waals surface area contributed by atoms with E-state index in [1.807, 2.05) is 26.0 Å². The van der Waals surface area contributed by atoms with Crippen LogP contribution in [0, 0.1) is 13.8 Å². The molecular weight excluding hydrogens is 254 g/mol. The molecule has 0 fully saturated rings. The van der Waals surface area contributed by atoms with Crippen LogP contribution in [0.1, 0.15) is 17.0 Å². The van der Waals surface area contributed by atoms with E-state index < -0.39 is 3.79 Å². The van der Waals surface area contributed by atoms with Gasteiger partial charge in [-0.05, 0) is 37.1 Å². The first-order chi connectivity index (χ1) is 6.88. The molecule has 0 aliphatic carbocycles. The second-order valence-electron chi connectivity index (χ2n) is 3.54. The summed E-state index contributed by atoms with van der Waals surface area (Å²) in [6.45, 7) is 4.06. The Hall–Kier alpha value is -0.440. The fourth-order valence-electron chi connectivity index (χ4n) is 1.40. The normalized spacial score (nSPS) is 12.3. The van der Waals surface area contributed by atoms with Gasteiger partial charge in [0.05, 0.1) is 11.0 Å². The van der Waals surface area contributed by atoms with E-state index in [9.17, 15) is 0 Å². The fraction of sp³-hybridized carbons (Fsp3) is 0.300. The van der Waals surface area contributed by atoms with Crippen molar-refractivity contribution >= 4 is 45.8 Å². The minimum Gasteiger partial charge on any atom is -0.338 e. The highest BCUT2D eigenvalue weighted by molar-refractivity contribution is 6.66. The molecule has 1 aromatic heterocycles. The van der Waals surface area contributed by atoms with E-state index in [-0.39, 0.29) is 0 Å². The van der Waals surface area contributed by atoms with Gasteiger partial charge in [0.15, 0.2) is 5.82 Å². The smallest absolute Gasteiger partial charge is 0.248 e. The Morgan fingerprint density at radius 1 is 1.13 bits per heavy atom. The van der Waals surface area contributed by atoms with Crippen molar-refractivity contribution in [3.05, 3.63) is 29.1 Å². The molecule has 0 atom stereocenters. The number of alkyl halides is 3. The van der Waals surface area contributed by atoms with E-state index in [1.54, 1.807) is 0 Å².